The topological polar surface area (TPSA) is 296 Å². The SMILES string of the molecule is C#Cc1ccc(CN2C3CC2CN(c2ccc(-c4cc(OCC(C)(C)O)cn5ncc(C#N)c45)cn2)C3)cc1.C#Cc1ccc(CN2C3CC2CN(c2ccc(-c4cc(OCC(C)(C)O)cn5ncc(C#N)c45)cn2)C3)cn1.C#Cc1cncc(CN2C3CC2CN(c2ccc(-c4cc(OCC(C)(C)O)cn5ncc(C#N)c45)cn2)C3)c1. The minimum atomic E-state index is -0.979. The molecule has 26 heteroatoms. The van der Waals surface area contributed by atoms with Crippen LogP contribution in [0.2, 0.25) is 0 Å². The van der Waals surface area contributed by atoms with E-state index in [4.69, 9.17) is 48.4 Å². The van der Waals surface area contributed by atoms with Gasteiger partial charge in [0.2, 0.25) is 0 Å². The molecule has 20 heterocycles. The average Bonchev–Trinajstić information content (AvgIpc) is 1.58. The van der Waals surface area contributed by atoms with Crippen LogP contribution < -0.4 is 28.9 Å². The number of aliphatic hydroxyl groups is 3. The summed E-state index contributed by atoms with van der Waals surface area (Å²) in [6, 6.07) is 41.7. The molecule has 0 radical (unpaired) electrons. The number of piperazine rings is 3. The van der Waals surface area contributed by atoms with Gasteiger partial charge in [0, 0.05) is 177 Å². The Morgan fingerprint density at radius 3 is 1.07 bits per heavy atom. The van der Waals surface area contributed by atoms with Gasteiger partial charge in [0.25, 0.3) is 0 Å². The van der Waals surface area contributed by atoms with E-state index in [1.807, 2.05) is 110 Å². The maximum Gasteiger partial charge on any atom is 0.138 e. The third-order valence-corrected chi connectivity index (χ3v) is 22.2. The van der Waals surface area contributed by atoms with Crippen molar-refractivity contribution in [1.82, 2.24) is 68.5 Å². The largest absolute Gasteiger partial charge is 0.489 e. The molecule has 9 aliphatic rings. The van der Waals surface area contributed by atoms with Crippen LogP contribution in [0.4, 0.5) is 17.5 Å². The number of nitrogens with zero attached hydrogens (tertiary/aromatic N) is 20. The van der Waals surface area contributed by atoms with Gasteiger partial charge in [-0.2, -0.15) is 31.1 Å². The Morgan fingerprint density at radius 2 is 0.752 bits per heavy atom. The van der Waals surface area contributed by atoms with E-state index in [9.17, 15) is 31.1 Å². The van der Waals surface area contributed by atoms with Crippen LogP contribution in [0.5, 0.6) is 17.2 Å². The van der Waals surface area contributed by atoms with Crippen LogP contribution in [-0.4, -0.2) is 196 Å². The molecule has 6 atom stereocenters. The van der Waals surface area contributed by atoms with Crippen LogP contribution in [0.25, 0.3) is 49.9 Å². The molecule has 9 fully saturated rings. The van der Waals surface area contributed by atoms with E-state index in [0.717, 1.165) is 126 Å². The number of rotatable bonds is 21. The Balaban J connectivity index is 0.000000131. The lowest BCUT2D eigenvalue weighted by molar-refractivity contribution is -0.00878. The van der Waals surface area contributed by atoms with Crippen LogP contribution in [0.1, 0.15) is 111 Å². The molecule has 21 rings (SSSR count). The third kappa shape index (κ3) is 17.0. The van der Waals surface area contributed by atoms with Crippen molar-refractivity contribution in [2.45, 2.75) is 133 Å². The van der Waals surface area contributed by atoms with E-state index in [2.05, 4.69) is 109 Å². The minimum Gasteiger partial charge on any atom is -0.489 e. The zero-order valence-electron chi connectivity index (χ0n) is 66.0. The first-order valence-electron chi connectivity index (χ1n) is 39.0. The van der Waals surface area contributed by atoms with Crippen molar-refractivity contribution >= 4 is 34.0 Å². The van der Waals surface area contributed by atoms with Crippen molar-refractivity contribution in [1.29, 1.82) is 15.8 Å². The van der Waals surface area contributed by atoms with E-state index in [1.54, 1.807) is 98.5 Å². The van der Waals surface area contributed by atoms with Gasteiger partial charge in [0.1, 0.15) is 78.4 Å². The number of aromatic nitrogens is 11. The maximum atomic E-state index is 10.1. The van der Waals surface area contributed by atoms with Gasteiger partial charge >= 0.3 is 0 Å². The standard InChI is InChI=1S/C31H30N6O2.2C30H29N7O2/c1-4-21-5-7-22(8-6-21)16-36-25-11-26(36)18-35(17-25)29-10-9-23(14-33-29)28-12-27(39-20-31(2,3)38)19-37-30(28)24(13-32)15-34-37;1-4-23-7-5-20(12-32-23)15-36-24-9-25(36)17-35(16-24)28-8-6-21(13-33-28)27-10-26(39-19-30(2,3)38)18-37-29(27)22(11-31)14-34-37;1-4-20-7-21(12-32-11-20)15-36-24-8-25(36)17-35(16-24)28-6-5-22(13-33-28)27-9-26(39-19-30(2,3)38)18-37-29(27)23(10-31)14-34-37/h1,5-10,12,14-15,19,25-26,38H,11,16-18,20H2,2-3H3;1,5-8,10,12-14,18,24-25,38H,9,15-17,19H2,2-3H3;1,5-7,9,11-14,18,24-25,38H,8,15-17,19H2,2-3H3. The Morgan fingerprint density at radius 1 is 0.393 bits per heavy atom. The highest BCUT2D eigenvalue weighted by atomic mass is 16.5. The fraction of sp³-hybridized carbons (Fsp3) is 0.330. The zero-order chi connectivity index (χ0) is 81.4. The van der Waals surface area contributed by atoms with Gasteiger partial charge in [-0.05, 0) is 156 Å². The highest BCUT2D eigenvalue weighted by Gasteiger charge is 2.47. The summed E-state index contributed by atoms with van der Waals surface area (Å²) < 4.78 is 22.5. The lowest BCUT2D eigenvalue weighted by Gasteiger charge is -2.56. The van der Waals surface area contributed by atoms with Gasteiger partial charge in [-0.3, -0.25) is 19.7 Å². The van der Waals surface area contributed by atoms with Crippen molar-refractivity contribution < 1.29 is 29.5 Å². The molecule has 1 aromatic carbocycles. The van der Waals surface area contributed by atoms with Gasteiger partial charge < -0.3 is 44.2 Å². The fourth-order valence-electron chi connectivity index (χ4n) is 16.4. The van der Waals surface area contributed by atoms with Crippen LogP contribution in [0.15, 0.2) is 171 Å². The second kappa shape index (κ2) is 32.2. The summed E-state index contributed by atoms with van der Waals surface area (Å²) in [5.74, 6) is 12.4. The second-order valence-corrected chi connectivity index (χ2v) is 32.8. The van der Waals surface area contributed by atoms with Gasteiger partial charge in [-0.1, -0.05) is 36.0 Å². The lowest BCUT2D eigenvalue weighted by atomic mass is 9.86. The first kappa shape index (κ1) is 77.7. The normalized spacial score (nSPS) is 18.8. The molecule has 3 N–H and O–H groups in total. The van der Waals surface area contributed by atoms with E-state index in [1.165, 1.54) is 30.4 Å². The summed E-state index contributed by atoms with van der Waals surface area (Å²) in [6.07, 6.45) is 40.9. The molecular weight excluding hydrogens is 1470 g/mol. The molecule has 26 nitrogen and oxygen atoms in total. The van der Waals surface area contributed by atoms with E-state index in [-0.39, 0.29) is 19.8 Å². The van der Waals surface area contributed by atoms with Crippen molar-refractivity contribution in [3.05, 3.63) is 222 Å². The smallest absolute Gasteiger partial charge is 0.138 e. The van der Waals surface area contributed by atoms with Crippen molar-refractivity contribution in [2.75, 3.05) is 73.8 Å². The summed E-state index contributed by atoms with van der Waals surface area (Å²) in [5, 5.41) is 72.2. The predicted molar refractivity (Wildman–Crippen MR) is 443 cm³/mol. The number of hydrogen-bond donors (Lipinski definition) is 3. The summed E-state index contributed by atoms with van der Waals surface area (Å²) in [7, 11) is 0. The van der Waals surface area contributed by atoms with Crippen LogP contribution >= 0.6 is 0 Å². The lowest BCUT2D eigenvalue weighted by Crippen LogP contribution is -2.68. The number of piperidine rings is 3. The number of pyridine rings is 8. The van der Waals surface area contributed by atoms with E-state index >= 15 is 0 Å². The molecular formula is C91H88N20O6. The molecule has 9 saturated heterocycles. The Kier molecular flexibility index (Phi) is 21.4. The molecule has 0 amide bonds. The quantitative estimate of drug-likeness (QED) is 0.0563. The highest BCUT2D eigenvalue weighted by molar-refractivity contribution is 5.87. The third-order valence-electron chi connectivity index (χ3n) is 22.2. The van der Waals surface area contributed by atoms with Crippen molar-refractivity contribution in [3.63, 3.8) is 0 Å². The average molecular weight is 1560 g/mol. The fourth-order valence-corrected chi connectivity index (χ4v) is 16.4. The Hall–Kier alpha value is -13.3. The first-order chi connectivity index (χ1) is 56.4. The van der Waals surface area contributed by atoms with E-state index < -0.39 is 16.8 Å². The predicted octanol–water partition coefficient (Wildman–Crippen LogP) is 10.4. The van der Waals surface area contributed by atoms with Crippen LogP contribution in [0, 0.1) is 71.0 Å². The van der Waals surface area contributed by atoms with Gasteiger partial charge in [0.15, 0.2) is 0 Å². The molecule has 0 aliphatic carbocycles. The molecule has 0 saturated carbocycles. The molecule has 12 aromatic rings. The molecule has 11 aromatic heterocycles. The number of terminal acetylenes is 3. The van der Waals surface area contributed by atoms with E-state index in [0.29, 0.717) is 92.4 Å². The molecule has 6 unspecified atom stereocenters. The molecule has 9 aliphatic heterocycles. The maximum absolute atomic E-state index is 10.1. The van der Waals surface area contributed by atoms with Gasteiger partial charge in [0.05, 0.1) is 87.2 Å². The zero-order valence-corrected chi connectivity index (χ0v) is 66.0. The second-order valence-electron chi connectivity index (χ2n) is 32.8. The van der Waals surface area contributed by atoms with Gasteiger partial charge in [-0.25, -0.2) is 33.5 Å². The number of nitriles is 3. The van der Waals surface area contributed by atoms with Crippen LogP contribution in [0.3, 0.4) is 0 Å². The number of anilines is 3. The van der Waals surface area contributed by atoms with Crippen LogP contribution in [-0.2, 0) is 19.6 Å². The van der Waals surface area contributed by atoms with Crippen molar-refractivity contribution in [2.24, 2.45) is 0 Å². The van der Waals surface area contributed by atoms with Crippen molar-refractivity contribution in [3.8, 4) is 106 Å². The summed E-state index contributed by atoms with van der Waals surface area (Å²) in [6.45, 7) is 18.7. The highest BCUT2D eigenvalue weighted by Crippen LogP contribution is 2.42. The Labute approximate surface area is 679 Å². The van der Waals surface area contributed by atoms with Gasteiger partial charge in [-0.15, -0.1) is 19.3 Å². The monoisotopic (exact) mass is 1560 g/mol. The Bertz CT molecular complexity index is 5660. The first-order valence-corrected chi connectivity index (χ1v) is 39.0. The molecule has 6 bridgehead atoms. The summed E-state index contributed by atoms with van der Waals surface area (Å²) in [4.78, 5) is 37.7. The molecule has 588 valence electrons. The number of benzene rings is 1. The number of hydrogen-bond acceptors (Lipinski definition) is 23. The number of ether oxygens (including phenoxy) is 3. The number of fused-ring (bicyclic) bond motifs is 9. The minimum absolute atomic E-state index is 0.127. The summed E-state index contributed by atoms with van der Waals surface area (Å²) >= 11 is 0. The molecule has 117 heavy (non-hydrogen) atoms. The summed E-state index contributed by atoms with van der Waals surface area (Å²) in [5.41, 5.74) is 11.6. The molecule has 0 spiro atoms.